The van der Waals surface area contributed by atoms with Crippen LogP contribution in [0.25, 0.3) is 0 Å². The van der Waals surface area contributed by atoms with Gasteiger partial charge in [-0.15, -0.1) is 0 Å². The molecule has 0 amide bonds. The molecule has 2 rings (SSSR count). The van der Waals surface area contributed by atoms with E-state index in [-0.39, 0.29) is 0 Å². The summed E-state index contributed by atoms with van der Waals surface area (Å²) in [6.45, 7) is 12.7. The maximum atomic E-state index is 6.22. The van der Waals surface area contributed by atoms with Crippen LogP contribution in [0.5, 0.6) is 6.01 Å². The van der Waals surface area contributed by atoms with E-state index in [0.29, 0.717) is 17.7 Å². The summed E-state index contributed by atoms with van der Waals surface area (Å²) in [7, 11) is -3.61. The van der Waals surface area contributed by atoms with Crippen LogP contribution in [0, 0.1) is 3.57 Å². The highest BCUT2D eigenvalue weighted by Crippen LogP contribution is 2.23. The van der Waals surface area contributed by atoms with Gasteiger partial charge in [-0.3, -0.25) is 0 Å². The van der Waals surface area contributed by atoms with E-state index in [0.717, 1.165) is 9.13 Å². The van der Waals surface area contributed by atoms with Gasteiger partial charge in [-0.1, -0.05) is 18.2 Å². The third-order valence-corrected chi connectivity index (χ3v) is 5.09. The molecule has 0 aliphatic carbocycles. The van der Waals surface area contributed by atoms with Gasteiger partial charge in [0.05, 0.1) is 3.57 Å². The molecule has 0 N–H and O–H groups in total. The lowest BCUT2D eigenvalue weighted by atomic mass is 10.2. The Morgan fingerprint density at radius 2 is 1.64 bits per heavy atom. The summed E-state index contributed by atoms with van der Waals surface area (Å²) >= 11 is 2.18. The van der Waals surface area contributed by atoms with Crippen LogP contribution < -0.4 is 4.43 Å². The Balaban J connectivity index is 2.46. The van der Waals surface area contributed by atoms with Crippen molar-refractivity contribution < 1.29 is 8.85 Å². The number of halogens is 1. The Hall–Kier alpha value is -1.27. The number of hydrogen-bond donors (Lipinski definition) is 0. The van der Waals surface area contributed by atoms with Crippen molar-refractivity contribution in [1.82, 2.24) is 9.97 Å². The third kappa shape index (κ3) is 6.86. The molecule has 0 saturated heterocycles. The van der Waals surface area contributed by atoms with Crippen LogP contribution in [0.15, 0.2) is 41.5 Å². The fourth-order valence-electron chi connectivity index (χ4n) is 1.86. The van der Waals surface area contributed by atoms with Crippen molar-refractivity contribution in [1.29, 1.82) is 0 Å². The number of aliphatic imine (C=N–C) groups is 1. The largest absolute Gasteiger partial charge is 0.531 e. The minimum atomic E-state index is -1.83. The zero-order valence-corrected chi connectivity index (χ0v) is 19.7. The fraction of sp³-hybridized carbons (Fsp3) is 0.353. The molecule has 134 valence electrons. The fourth-order valence-corrected chi connectivity index (χ4v) is 3.63. The highest BCUT2D eigenvalue weighted by atomic mass is 127. The van der Waals surface area contributed by atoms with Gasteiger partial charge >= 0.3 is 6.01 Å². The molecule has 0 unspecified atom stereocenters. The highest BCUT2D eigenvalue weighted by Gasteiger charge is 2.22. The third-order valence-electron chi connectivity index (χ3n) is 2.73. The zero-order valence-electron chi connectivity index (χ0n) is 15.5. The summed E-state index contributed by atoms with van der Waals surface area (Å²) in [6, 6.07) is 10.3. The summed E-state index contributed by atoms with van der Waals surface area (Å²) in [5.74, 6) is 1.16. The smallest absolute Gasteiger partial charge is 0.304 e. The monoisotopic (exact) mass is 485 g/mol. The van der Waals surface area contributed by atoms with Gasteiger partial charge in [0, 0.05) is 11.8 Å². The van der Waals surface area contributed by atoms with E-state index in [9.17, 15) is 0 Å². The topological polar surface area (TPSA) is 56.6 Å². The molecule has 1 heterocycles. The Bertz CT molecular complexity index is 757. The van der Waals surface area contributed by atoms with E-state index in [2.05, 4.69) is 71.8 Å². The predicted molar refractivity (Wildman–Crippen MR) is 116 cm³/mol. The highest BCUT2D eigenvalue weighted by molar-refractivity contribution is 14.1. The van der Waals surface area contributed by atoms with E-state index < -0.39 is 16.6 Å². The van der Waals surface area contributed by atoms with Crippen LogP contribution in [0.2, 0.25) is 39.3 Å². The molecule has 0 spiro atoms. The number of rotatable bonds is 5. The van der Waals surface area contributed by atoms with E-state index >= 15 is 0 Å². The maximum Gasteiger partial charge on any atom is 0.304 e. The Kier molecular flexibility index (Phi) is 6.38. The summed E-state index contributed by atoms with van der Waals surface area (Å²) < 4.78 is 13.0. The second-order valence-electron chi connectivity index (χ2n) is 7.54. The maximum absolute atomic E-state index is 6.22. The normalized spacial score (nSPS) is 12.8. The SMILES string of the molecule is C[Si](C)(C)OC(=Nc1nc(O[Si](C)(C)C)ncc1I)c1ccccc1. The lowest BCUT2D eigenvalue weighted by Gasteiger charge is -2.21. The van der Waals surface area contributed by atoms with E-state index in [4.69, 9.17) is 13.8 Å². The van der Waals surface area contributed by atoms with Crippen LogP contribution in [0.4, 0.5) is 5.82 Å². The molecular formula is C17H24IN3O2Si2. The van der Waals surface area contributed by atoms with Crippen molar-refractivity contribution in [2.45, 2.75) is 39.3 Å². The Labute approximate surface area is 165 Å². The van der Waals surface area contributed by atoms with Crippen LogP contribution in [-0.2, 0) is 4.43 Å². The van der Waals surface area contributed by atoms with Gasteiger partial charge in [0.15, 0.2) is 5.82 Å². The number of nitrogens with zero attached hydrogens (tertiary/aromatic N) is 3. The molecule has 0 atom stereocenters. The van der Waals surface area contributed by atoms with E-state index in [1.807, 2.05) is 30.3 Å². The average Bonchev–Trinajstić information content (AvgIpc) is 2.48. The number of hydrogen-bond acceptors (Lipinski definition) is 5. The van der Waals surface area contributed by atoms with Gasteiger partial charge in [-0.05, 0) is 74.0 Å². The first-order chi connectivity index (χ1) is 11.5. The summed E-state index contributed by atoms with van der Waals surface area (Å²) in [5.41, 5.74) is 0.937. The van der Waals surface area contributed by atoms with Gasteiger partial charge < -0.3 is 8.85 Å². The van der Waals surface area contributed by atoms with Crippen LogP contribution >= 0.6 is 22.6 Å². The van der Waals surface area contributed by atoms with Gasteiger partial charge in [0.1, 0.15) is 0 Å². The standard InChI is InChI=1S/C17H24IN3O2Si2/c1-24(2,3)22-16(13-10-8-7-9-11-13)20-15-14(18)12-19-17(21-15)23-25(4,5)6/h7-12H,1-6H3. The molecule has 0 aliphatic heterocycles. The summed E-state index contributed by atoms with van der Waals surface area (Å²) in [6.07, 6.45) is 1.74. The average molecular weight is 485 g/mol. The van der Waals surface area contributed by atoms with Crippen molar-refractivity contribution in [2.75, 3.05) is 0 Å². The molecule has 8 heteroatoms. The van der Waals surface area contributed by atoms with Crippen molar-refractivity contribution in [3.63, 3.8) is 0 Å². The summed E-state index contributed by atoms with van der Waals surface area (Å²) in [4.78, 5) is 13.5. The molecule has 0 aliphatic rings. The molecule has 25 heavy (non-hydrogen) atoms. The van der Waals surface area contributed by atoms with Gasteiger partial charge in [-0.2, -0.15) is 9.98 Å². The Morgan fingerprint density at radius 3 is 2.20 bits per heavy atom. The lowest BCUT2D eigenvalue weighted by molar-refractivity contribution is 0.508. The van der Waals surface area contributed by atoms with Gasteiger partial charge in [-0.25, -0.2) is 4.98 Å². The van der Waals surface area contributed by atoms with Crippen LogP contribution in [0.1, 0.15) is 5.56 Å². The van der Waals surface area contributed by atoms with Crippen molar-refractivity contribution >= 4 is 50.9 Å². The Morgan fingerprint density at radius 1 is 1.00 bits per heavy atom. The number of benzene rings is 1. The van der Waals surface area contributed by atoms with E-state index in [1.165, 1.54) is 0 Å². The summed E-state index contributed by atoms with van der Waals surface area (Å²) in [5, 5.41) is 0. The molecule has 1 aromatic carbocycles. The lowest BCUT2D eigenvalue weighted by Crippen LogP contribution is -2.30. The van der Waals surface area contributed by atoms with E-state index in [1.54, 1.807) is 6.20 Å². The van der Waals surface area contributed by atoms with Crippen molar-refractivity contribution in [2.24, 2.45) is 4.99 Å². The van der Waals surface area contributed by atoms with Gasteiger partial charge in [0.25, 0.3) is 0 Å². The molecule has 5 nitrogen and oxygen atoms in total. The zero-order chi connectivity index (χ0) is 18.7. The molecule has 1 aromatic heterocycles. The van der Waals surface area contributed by atoms with Crippen LogP contribution in [-0.4, -0.2) is 32.5 Å². The molecule has 0 fully saturated rings. The first kappa shape index (κ1) is 20.1. The first-order valence-corrected chi connectivity index (χ1v) is 16.0. The molecule has 0 radical (unpaired) electrons. The quantitative estimate of drug-likeness (QED) is 0.252. The first-order valence-electron chi connectivity index (χ1n) is 8.08. The predicted octanol–water partition coefficient (Wildman–Crippen LogP) is 5.22. The van der Waals surface area contributed by atoms with Gasteiger partial charge in [0.2, 0.25) is 22.5 Å². The molecular weight excluding hydrogens is 461 g/mol. The van der Waals surface area contributed by atoms with Crippen molar-refractivity contribution in [3.05, 3.63) is 45.7 Å². The minimum Gasteiger partial charge on any atom is -0.531 e. The number of aromatic nitrogens is 2. The molecule has 0 saturated carbocycles. The van der Waals surface area contributed by atoms with Crippen molar-refractivity contribution in [3.8, 4) is 6.01 Å². The second kappa shape index (κ2) is 7.96. The minimum absolute atomic E-state index is 0.374. The van der Waals surface area contributed by atoms with Crippen LogP contribution in [0.3, 0.4) is 0 Å². The molecule has 2 aromatic rings. The second-order valence-corrected chi connectivity index (χ2v) is 17.6. The molecule has 0 bridgehead atoms.